The van der Waals surface area contributed by atoms with Crippen LogP contribution in [0.15, 0.2) is 36.9 Å². The molecule has 4 N–H and O–H groups in total. The van der Waals surface area contributed by atoms with Gasteiger partial charge in [0.2, 0.25) is 5.91 Å². The first-order valence-electron chi connectivity index (χ1n) is 11.7. The average Bonchev–Trinajstić information content (AvgIpc) is 3.47. The van der Waals surface area contributed by atoms with Gasteiger partial charge in [0.05, 0.1) is 5.52 Å². The Kier molecular flexibility index (Phi) is 4.55. The number of aromatic nitrogens is 1. The highest BCUT2D eigenvalue weighted by Crippen LogP contribution is 2.56. The quantitative estimate of drug-likeness (QED) is 0.416. The molecule has 33 heavy (non-hydrogen) atoms. The number of aromatic amines is 1. The maximum Gasteiger partial charge on any atom is 0.246 e. The molecule has 1 aromatic heterocycles. The molecule has 0 radical (unpaired) electrons. The van der Waals surface area contributed by atoms with Crippen molar-refractivity contribution in [2.45, 2.75) is 51.3 Å². The fraction of sp³-hybridized carbons (Fsp3) is 0.370. The second-order valence-corrected chi connectivity index (χ2v) is 9.93. The van der Waals surface area contributed by atoms with Crippen LogP contribution in [0.4, 0.5) is 4.39 Å². The number of hydrogen-bond acceptors (Lipinski definition) is 3. The fourth-order valence-electron chi connectivity index (χ4n) is 6.01. The molecule has 1 unspecified atom stereocenters. The summed E-state index contributed by atoms with van der Waals surface area (Å²) in [6.45, 7) is 4.67. The lowest BCUT2D eigenvalue weighted by atomic mass is 9.81. The number of carbonyl (C=O) groups excluding carboxylic acids is 1. The van der Waals surface area contributed by atoms with Gasteiger partial charge in [0, 0.05) is 35.3 Å². The standard InChI is InChI=1S/C27H28FN3O2/c1-2-22(32)31-11-7-16-15(14-31)4-3-5-17(16)23-20(28)12-18(26(29)33)25-24(23)19-13-27(9-10-27)8-6-21(19)30-25/h2-5,12,26,30,33H,1,6-11,13-14,29H2. The molecule has 0 saturated heterocycles. The summed E-state index contributed by atoms with van der Waals surface area (Å²) < 4.78 is 15.9. The van der Waals surface area contributed by atoms with Gasteiger partial charge in [-0.15, -0.1) is 0 Å². The van der Waals surface area contributed by atoms with Gasteiger partial charge in [-0.2, -0.15) is 0 Å². The number of nitrogens with two attached hydrogens (primary N) is 1. The smallest absolute Gasteiger partial charge is 0.246 e. The number of nitrogens with one attached hydrogen (secondary N) is 1. The van der Waals surface area contributed by atoms with Crippen molar-refractivity contribution in [3.05, 3.63) is 70.7 Å². The molecule has 1 fully saturated rings. The zero-order valence-corrected chi connectivity index (χ0v) is 18.6. The van der Waals surface area contributed by atoms with Crippen molar-refractivity contribution in [1.82, 2.24) is 9.88 Å². The van der Waals surface area contributed by atoms with Crippen LogP contribution in [0.2, 0.25) is 0 Å². The molecule has 1 aliphatic heterocycles. The summed E-state index contributed by atoms with van der Waals surface area (Å²) >= 11 is 0. The maximum atomic E-state index is 15.9. The second-order valence-electron chi connectivity index (χ2n) is 9.93. The van der Waals surface area contributed by atoms with Crippen molar-refractivity contribution in [2.75, 3.05) is 6.54 Å². The van der Waals surface area contributed by atoms with Gasteiger partial charge in [-0.25, -0.2) is 4.39 Å². The maximum absolute atomic E-state index is 15.9. The zero-order valence-electron chi connectivity index (χ0n) is 18.6. The Hall–Kier alpha value is -2.96. The van der Waals surface area contributed by atoms with Crippen LogP contribution in [-0.2, 0) is 30.6 Å². The van der Waals surface area contributed by atoms with Crippen LogP contribution >= 0.6 is 0 Å². The Morgan fingerprint density at radius 2 is 2.09 bits per heavy atom. The number of rotatable bonds is 3. The largest absolute Gasteiger partial charge is 0.374 e. The fourth-order valence-corrected chi connectivity index (χ4v) is 6.01. The number of carbonyl (C=O) groups is 1. The molecule has 0 bridgehead atoms. The minimum atomic E-state index is -1.26. The lowest BCUT2D eigenvalue weighted by Crippen LogP contribution is -2.34. The number of halogens is 1. The number of hydrogen-bond donors (Lipinski definition) is 3. The third-order valence-corrected chi connectivity index (χ3v) is 8.01. The zero-order chi connectivity index (χ0) is 22.9. The predicted octanol–water partition coefficient (Wildman–Crippen LogP) is 4.26. The van der Waals surface area contributed by atoms with E-state index in [4.69, 9.17) is 5.73 Å². The number of nitrogens with zero attached hydrogens (tertiary/aromatic N) is 1. The molecule has 1 spiro atoms. The number of aliphatic hydroxyl groups is 1. The Morgan fingerprint density at radius 1 is 1.27 bits per heavy atom. The summed E-state index contributed by atoms with van der Waals surface area (Å²) in [4.78, 5) is 17.4. The number of H-pyrrole nitrogens is 1. The minimum Gasteiger partial charge on any atom is -0.374 e. The van der Waals surface area contributed by atoms with Crippen LogP contribution in [0.5, 0.6) is 0 Å². The summed E-state index contributed by atoms with van der Waals surface area (Å²) in [5.41, 5.74) is 13.3. The van der Waals surface area contributed by atoms with Crippen LogP contribution in [-0.4, -0.2) is 27.4 Å². The molecule has 6 heteroatoms. The monoisotopic (exact) mass is 445 g/mol. The third kappa shape index (κ3) is 3.15. The molecular formula is C27H28FN3O2. The molecule has 3 aromatic rings. The Bertz CT molecular complexity index is 1320. The molecule has 2 aromatic carbocycles. The molecule has 6 rings (SSSR count). The highest BCUT2D eigenvalue weighted by Gasteiger charge is 2.46. The molecule has 5 nitrogen and oxygen atoms in total. The van der Waals surface area contributed by atoms with E-state index < -0.39 is 6.23 Å². The molecule has 3 aliphatic rings. The van der Waals surface area contributed by atoms with Crippen molar-refractivity contribution in [2.24, 2.45) is 11.1 Å². The van der Waals surface area contributed by atoms with Gasteiger partial charge in [0.25, 0.3) is 0 Å². The Balaban J connectivity index is 1.58. The van der Waals surface area contributed by atoms with Crippen LogP contribution < -0.4 is 5.73 Å². The first kappa shape index (κ1) is 20.6. The molecule has 1 amide bonds. The summed E-state index contributed by atoms with van der Waals surface area (Å²) in [5, 5.41) is 11.1. The lowest BCUT2D eigenvalue weighted by molar-refractivity contribution is -0.126. The Labute approximate surface area is 192 Å². The molecule has 1 atom stereocenters. The molecule has 1 saturated carbocycles. The van der Waals surface area contributed by atoms with Crippen molar-refractivity contribution in [1.29, 1.82) is 0 Å². The number of aryl methyl sites for hydroxylation is 1. The minimum absolute atomic E-state index is 0.0876. The summed E-state index contributed by atoms with van der Waals surface area (Å²) in [6, 6.07) is 7.32. The number of benzene rings is 2. The molecule has 2 heterocycles. The highest BCUT2D eigenvalue weighted by atomic mass is 19.1. The Morgan fingerprint density at radius 3 is 2.82 bits per heavy atom. The van der Waals surface area contributed by atoms with E-state index in [-0.39, 0.29) is 11.7 Å². The lowest BCUT2D eigenvalue weighted by Gasteiger charge is -2.30. The van der Waals surface area contributed by atoms with E-state index in [0.29, 0.717) is 36.1 Å². The van der Waals surface area contributed by atoms with Gasteiger partial charge in [0.1, 0.15) is 12.0 Å². The van der Waals surface area contributed by atoms with E-state index in [9.17, 15) is 9.90 Å². The molecule has 2 aliphatic carbocycles. The van der Waals surface area contributed by atoms with Gasteiger partial charge in [0.15, 0.2) is 0 Å². The van der Waals surface area contributed by atoms with Crippen LogP contribution in [0.25, 0.3) is 22.0 Å². The third-order valence-electron chi connectivity index (χ3n) is 8.01. The average molecular weight is 446 g/mol. The number of fused-ring (bicyclic) bond motifs is 4. The van der Waals surface area contributed by atoms with E-state index in [1.54, 1.807) is 4.90 Å². The first-order valence-corrected chi connectivity index (χ1v) is 11.7. The van der Waals surface area contributed by atoms with Crippen molar-refractivity contribution in [3.63, 3.8) is 0 Å². The summed E-state index contributed by atoms with van der Waals surface area (Å²) in [5.74, 6) is -0.451. The molecule has 170 valence electrons. The van der Waals surface area contributed by atoms with E-state index in [2.05, 4.69) is 11.6 Å². The highest BCUT2D eigenvalue weighted by molar-refractivity contribution is 6.01. The van der Waals surface area contributed by atoms with Gasteiger partial charge >= 0.3 is 0 Å². The first-order chi connectivity index (χ1) is 15.9. The summed E-state index contributed by atoms with van der Waals surface area (Å²) in [6.07, 6.45) is 6.23. The van der Waals surface area contributed by atoms with Gasteiger partial charge in [-0.05, 0) is 78.3 Å². The summed E-state index contributed by atoms with van der Waals surface area (Å²) in [7, 11) is 0. The number of amides is 1. The predicted molar refractivity (Wildman–Crippen MR) is 126 cm³/mol. The number of aliphatic hydroxyl groups excluding tert-OH is 1. The van der Waals surface area contributed by atoms with E-state index in [0.717, 1.165) is 52.5 Å². The normalized spacial score (nSPS) is 19.3. The van der Waals surface area contributed by atoms with Crippen molar-refractivity contribution in [3.8, 4) is 11.1 Å². The van der Waals surface area contributed by atoms with E-state index >= 15 is 4.39 Å². The SMILES string of the molecule is C=CC(=O)N1CCc2c(cccc2-c2c(F)cc(C(N)O)c3[nH]c4c(c23)CC2(CC4)CC2)C1. The van der Waals surface area contributed by atoms with Gasteiger partial charge in [-0.3, -0.25) is 4.79 Å². The second kappa shape index (κ2) is 7.27. The van der Waals surface area contributed by atoms with Crippen LogP contribution in [0, 0.1) is 11.2 Å². The molecular weight excluding hydrogens is 417 g/mol. The van der Waals surface area contributed by atoms with Crippen molar-refractivity contribution >= 4 is 16.8 Å². The van der Waals surface area contributed by atoms with Crippen LogP contribution in [0.1, 0.15) is 53.4 Å². The van der Waals surface area contributed by atoms with Crippen molar-refractivity contribution < 1.29 is 14.3 Å². The topological polar surface area (TPSA) is 82.3 Å². The van der Waals surface area contributed by atoms with Gasteiger partial charge < -0.3 is 20.7 Å². The van der Waals surface area contributed by atoms with E-state index in [1.165, 1.54) is 30.5 Å². The van der Waals surface area contributed by atoms with Gasteiger partial charge in [-0.1, -0.05) is 24.8 Å². The van der Waals surface area contributed by atoms with Crippen LogP contribution in [0.3, 0.4) is 0 Å². The van der Waals surface area contributed by atoms with E-state index in [1.807, 2.05) is 18.2 Å².